The number of fused-ring (bicyclic) bond motifs is 1. The zero-order chi connectivity index (χ0) is 12.3. The van der Waals surface area contributed by atoms with Gasteiger partial charge in [0.25, 0.3) is 0 Å². The average molecular weight is 249 g/mol. The van der Waals surface area contributed by atoms with Crippen molar-refractivity contribution in [3.05, 3.63) is 34.9 Å². The molecule has 1 aromatic carbocycles. The summed E-state index contributed by atoms with van der Waals surface area (Å²) in [6.45, 7) is 7.86. The lowest BCUT2D eigenvalue weighted by molar-refractivity contribution is 0.428. The third-order valence-corrected chi connectivity index (χ3v) is 4.86. The van der Waals surface area contributed by atoms with Gasteiger partial charge in [0.1, 0.15) is 0 Å². The summed E-state index contributed by atoms with van der Waals surface area (Å²) in [5, 5.41) is 3.67. The van der Waals surface area contributed by atoms with Crippen LogP contribution in [0.3, 0.4) is 0 Å². The van der Waals surface area contributed by atoms with Crippen LogP contribution in [-0.2, 0) is 12.2 Å². The number of benzene rings is 1. The quantitative estimate of drug-likeness (QED) is 0.875. The smallest absolute Gasteiger partial charge is 0.0356 e. The third-order valence-electron chi connectivity index (χ3n) is 3.58. The summed E-state index contributed by atoms with van der Waals surface area (Å²) in [6, 6.07) is 7.59. The molecule has 0 aromatic heterocycles. The van der Waals surface area contributed by atoms with Gasteiger partial charge in [-0.05, 0) is 41.3 Å². The van der Waals surface area contributed by atoms with Crippen molar-refractivity contribution in [2.75, 3.05) is 12.3 Å². The van der Waals surface area contributed by atoms with Crippen LogP contribution < -0.4 is 5.32 Å². The first-order valence-electron chi connectivity index (χ1n) is 6.69. The van der Waals surface area contributed by atoms with Crippen LogP contribution in [0.15, 0.2) is 18.2 Å². The Morgan fingerprint density at radius 1 is 1.35 bits per heavy atom. The summed E-state index contributed by atoms with van der Waals surface area (Å²) >= 11 is 2.07. The predicted octanol–water partition coefficient (Wildman–Crippen LogP) is 3.78. The molecule has 0 fully saturated rings. The second-order valence-electron chi connectivity index (χ2n) is 4.91. The standard InChI is InChI=1S/C15H23NS/c1-4-12-6-7-13-10-17-9-11(3)15(16-5-2)14(13)8-12/h6-8,11,15-16H,4-5,9-10H2,1-3H3. The Labute approximate surface area is 109 Å². The topological polar surface area (TPSA) is 12.0 Å². The molecule has 1 N–H and O–H groups in total. The minimum Gasteiger partial charge on any atom is -0.310 e. The molecule has 0 spiro atoms. The van der Waals surface area contributed by atoms with Crippen molar-refractivity contribution in [2.24, 2.45) is 5.92 Å². The largest absolute Gasteiger partial charge is 0.310 e. The maximum atomic E-state index is 3.67. The van der Waals surface area contributed by atoms with E-state index in [0.717, 1.165) is 13.0 Å². The van der Waals surface area contributed by atoms with E-state index in [4.69, 9.17) is 0 Å². The van der Waals surface area contributed by atoms with Gasteiger partial charge in [-0.1, -0.05) is 39.0 Å². The molecule has 94 valence electrons. The molecule has 0 amide bonds. The number of thioether (sulfide) groups is 1. The first-order valence-corrected chi connectivity index (χ1v) is 7.84. The summed E-state index contributed by atoms with van der Waals surface area (Å²) in [5.41, 5.74) is 4.54. The molecule has 0 radical (unpaired) electrons. The SMILES string of the molecule is CCNC1c2cc(CC)ccc2CSCC1C. The zero-order valence-electron chi connectivity index (χ0n) is 11.1. The molecule has 17 heavy (non-hydrogen) atoms. The Kier molecular flexibility index (Phi) is 4.52. The van der Waals surface area contributed by atoms with Gasteiger partial charge in [0, 0.05) is 11.8 Å². The van der Waals surface area contributed by atoms with Crippen molar-refractivity contribution >= 4 is 11.8 Å². The molecule has 1 heterocycles. The van der Waals surface area contributed by atoms with E-state index in [1.165, 1.54) is 22.6 Å². The highest BCUT2D eigenvalue weighted by Gasteiger charge is 2.24. The van der Waals surface area contributed by atoms with Crippen molar-refractivity contribution in [1.82, 2.24) is 5.32 Å². The Morgan fingerprint density at radius 3 is 2.88 bits per heavy atom. The molecule has 0 aliphatic carbocycles. The van der Waals surface area contributed by atoms with Gasteiger partial charge >= 0.3 is 0 Å². The highest BCUT2D eigenvalue weighted by molar-refractivity contribution is 7.98. The van der Waals surface area contributed by atoms with Gasteiger partial charge in [-0.2, -0.15) is 11.8 Å². The molecule has 2 heteroatoms. The van der Waals surface area contributed by atoms with Crippen LogP contribution in [0.2, 0.25) is 0 Å². The van der Waals surface area contributed by atoms with Crippen molar-refractivity contribution in [2.45, 2.75) is 39.0 Å². The molecule has 1 nitrogen and oxygen atoms in total. The molecule has 1 aromatic rings. The van der Waals surface area contributed by atoms with E-state index in [9.17, 15) is 0 Å². The van der Waals surface area contributed by atoms with Crippen molar-refractivity contribution in [1.29, 1.82) is 0 Å². The third kappa shape index (κ3) is 2.86. The van der Waals surface area contributed by atoms with E-state index in [1.54, 1.807) is 5.56 Å². The summed E-state index contributed by atoms with van der Waals surface area (Å²) in [7, 11) is 0. The Hall–Kier alpha value is -0.470. The van der Waals surface area contributed by atoms with Crippen LogP contribution in [0, 0.1) is 5.92 Å². The summed E-state index contributed by atoms with van der Waals surface area (Å²) in [5.74, 6) is 3.15. The molecule has 1 aliphatic heterocycles. The van der Waals surface area contributed by atoms with Gasteiger partial charge < -0.3 is 5.32 Å². The maximum absolute atomic E-state index is 3.67. The number of aryl methyl sites for hydroxylation is 1. The highest BCUT2D eigenvalue weighted by Crippen LogP contribution is 2.34. The van der Waals surface area contributed by atoms with Gasteiger partial charge in [-0.3, -0.25) is 0 Å². The fourth-order valence-electron chi connectivity index (χ4n) is 2.57. The molecule has 0 saturated heterocycles. The zero-order valence-corrected chi connectivity index (χ0v) is 11.9. The lowest BCUT2D eigenvalue weighted by Gasteiger charge is -2.24. The van der Waals surface area contributed by atoms with Gasteiger partial charge in [0.15, 0.2) is 0 Å². The Balaban J connectivity index is 2.39. The first kappa shape index (κ1) is 13.0. The second kappa shape index (κ2) is 5.92. The summed E-state index contributed by atoms with van der Waals surface area (Å²) in [4.78, 5) is 0. The van der Waals surface area contributed by atoms with E-state index in [2.05, 4.69) is 56.0 Å². The molecule has 1 aliphatic rings. The summed E-state index contributed by atoms with van der Waals surface area (Å²) < 4.78 is 0. The molecule has 2 atom stereocenters. The Bertz CT molecular complexity index is 375. The van der Waals surface area contributed by atoms with Crippen LogP contribution in [0.25, 0.3) is 0 Å². The molecule has 0 saturated carbocycles. The lowest BCUT2D eigenvalue weighted by atomic mass is 9.91. The van der Waals surface area contributed by atoms with Gasteiger partial charge in [-0.15, -0.1) is 0 Å². The second-order valence-corrected chi connectivity index (χ2v) is 5.94. The van der Waals surface area contributed by atoms with Crippen LogP contribution >= 0.6 is 11.8 Å². The average Bonchev–Trinajstić information content (AvgIpc) is 2.50. The van der Waals surface area contributed by atoms with Gasteiger partial charge in [0.2, 0.25) is 0 Å². The molecule has 2 unspecified atom stereocenters. The first-order chi connectivity index (χ1) is 8.26. The molecular formula is C15H23NS. The molecular weight excluding hydrogens is 226 g/mol. The Morgan fingerprint density at radius 2 is 2.18 bits per heavy atom. The number of rotatable bonds is 3. The summed E-state index contributed by atoms with van der Waals surface area (Å²) in [6.07, 6.45) is 1.13. The van der Waals surface area contributed by atoms with Crippen molar-refractivity contribution in [3.63, 3.8) is 0 Å². The van der Waals surface area contributed by atoms with Crippen LogP contribution in [0.5, 0.6) is 0 Å². The predicted molar refractivity (Wildman–Crippen MR) is 77.6 cm³/mol. The van der Waals surface area contributed by atoms with E-state index < -0.39 is 0 Å². The normalized spacial score (nSPS) is 24.2. The van der Waals surface area contributed by atoms with Crippen LogP contribution in [0.4, 0.5) is 0 Å². The number of nitrogens with one attached hydrogen (secondary N) is 1. The highest BCUT2D eigenvalue weighted by atomic mass is 32.2. The fraction of sp³-hybridized carbons (Fsp3) is 0.600. The van der Waals surface area contributed by atoms with Gasteiger partial charge in [-0.25, -0.2) is 0 Å². The number of hydrogen-bond acceptors (Lipinski definition) is 2. The van der Waals surface area contributed by atoms with Crippen molar-refractivity contribution in [3.8, 4) is 0 Å². The lowest BCUT2D eigenvalue weighted by Crippen LogP contribution is -2.27. The minimum atomic E-state index is 0.538. The number of hydrogen-bond donors (Lipinski definition) is 1. The maximum Gasteiger partial charge on any atom is 0.0356 e. The van der Waals surface area contributed by atoms with Gasteiger partial charge in [0.05, 0.1) is 0 Å². The monoisotopic (exact) mass is 249 g/mol. The van der Waals surface area contributed by atoms with Crippen molar-refractivity contribution < 1.29 is 0 Å². The molecule has 0 bridgehead atoms. The fourth-order valence-corrected chi connectivity index (χ4v) is 3.74. The van der Waals surface area contributed by atoms with Crippen LogP contribution in [-0.4, -0.2) is 12.3 Å². The van der Waals surface area contributed by atoms with E-state index in [0.29, 0.717) is 12.0 Å². The van der Waals surface area contributed by atoms with Crippen LogP contribution in [0.1, 0.15) is 43.5 Å². The van der Waals surface area contributed by atoms with E-state index >= 15 is 0 Å². The van der Waals surface area contributed by atoms with E-state index in [1.807, 2.05) is 0 Å². The minimum absolute atomic E-state index is 0.538. The van der Waals surface area contributed by atoms with E-state index in [-0.39, 0.29) is 0 Å². The molecule has 2 rings (SSSR count).